The third kappa shape index (κ3) is 2.38. The molecule has 0 amide bonds. The lowest BCUT2D eigenvalue weighted by atomic mass is 10.2. The van der Waals surface area contributed by atoms with Crippen molar-refractivity contribution < 1.29 is 9.90 Å². The molecule has 0 aromatic carbocycles. The van der Waals surface area contributed by atoms with E-state index < -0.39 is 12.0 Å². The first kappa shape index (κ1) is 11.1. The molecule has 88 valence electrons. The normalized spacial score (nSPS) is 17.3. The molecule has 1 aromatic rings. The van der Waals surface area contributed by atoms with E-state index in [1.165, 1.54) is 0 Å². The lowest BCUT2D eigenvalue weighted by Crippen LogP contribution is -2.38. The lowest BCUT2D eigenvalue weighted by molar-refractivity contribution is -0.140. The quantitative estimate of drug-likeness (QED) is 0.724. The van der Waals surface area contributed by atoms with Gasteiger partial charge in [0.25, 0.3) is 0 Å². The van der Waals surface area contributed by atoms with Gasteiger partial charge in [0.2, 0.25) is 0 Å². The second-order valence-corrected chi connectivity index (χ2v) is 4.07. The molecule has 16 heavy (non-hydrogen) atoms. The Morgan fingerprint density at radius 3 is 3.06 bits per heavy atom. The molecule has 1 unspecified atom stereocenters. The summed E-state index contributed by atoms with van der Waals surface area (Å²) in [6.45, 7) is 3.26. The average Bonchev–Trinajstić information content (AvgIpc) is 2.97. The Hall–Kier alpha value is -1.43. The Balaban J connectivity index is 1.92. The molecule has 1 atom stereocenters. The van der Waals surface area contributed by atoms with Crippen molar-refractivity contribution in [3.05, 3.63) is 12.2 Å². The zero-order chi connectivity index (χ0) is 11.5. The average molecular weight is 224 g/mol. The maximum Gasteiger partial charge on any atom is 0.320 e. The number of carbonyl (C=O) groups is 1. The van der Waals surface area contributed by atoms with Crippen LogP contribution in [0.5, 0.6) is 0 Å². The van der Waals surface area contributed by atoms with Crippen LogP contribution in [0, 0.1) is 5.92 Å². The molecular weight excluding hydrogens is 208 g/mol. The minimum Gasteiger partial charge on any atom is -0.480 e. The van der Waals surface area contributed by atoms with Crippen LogP contribution in [-0.2, 0) is 17.9 Å². The molecule has 6 heteroatoms. The van der Waals surface area contributed by atoms with E-state index in [1.807, 2.05) is 11.5 Å². The summed E-state index contributed by atoms with van der Waals surface area (Å²) in [5.74, 6) is 0.301. The summed E-state index contributed by atoms with van der Waals surface area (Å²) in [7, 11) is 0. The highest BCUT2D eigenvalue weighted by atomic mass is 16.4. The number of hydrogen-bond donors (Lipinski definition) is 2. The lowest BCUT2D eigenvalue weighted by Gasteiger charge is -2.13. The van der Waals surface area contributed by atoms with Crippen molar-refractivity contribution in [2.24, 2.45) is 5.92 Å². The standard InChI is InChI=1S/C10H16N4O2/c1-2-14-6-12-13-8(14)5-11-9(10(15)16)7-3-4-7/h6-7,9,11H,2-5H2,1H3,(H,15,16). The Kier molecular flexibility index (Phi) is 3.19. The molecule has 1 heterocycles. The fourth-order valence-corrected chi connectivity index (χ4v) is 1.77. The topological polar surface area (TPSA) is 80.0 Å². The summed E-state index contributed by atoms with van der Waals surface area (Å²) >= 11 is 0. The van der Waals surface area contributed by atoms with E-state index in [9.17, 15) is 4.79 Å². The van der Waals surface area contributed by atoms with E-state index in [1.54, 1.807) is 6.33 Å². The van der Waals surface area contributed by atoms with Gasteiger partial charge >= 0.3 is 5.97 Å². The van der Waals surface area contributed by atoms with E-state index in [-0.39, 0.29) is 5.92 Å². The van der Waals surface area contributed by atoms with Crippen molar-refractivity contribution in [1.82, 2.24) is 20.1 Å². The molecule has 1 aliphatic carbocycles. The number of rotatable bonds is 6. The smallest absolute Gasteiger partial charge is 0.320 e. The SMILES string of the molecule is CCn1cnnc1CNC(C(=O)O)C1CC1. The monoisotopic (exact) mass is 224 g/mol. The Morgan fingerprint density at radius 2 is 2.50 bits per heavy atom. The Bertz CT molecular complexity index is 373. The van der Waals surface area contributed by atoms with Gasteiger partial charge in [0, 0.05) is 6.54 Å². The molecule has 0 saturated heterocycles. The Morgan fingerprint density at radius 1 is 1.75 bits per heavy atom. The van der Waals surface area contributed by atoms with Gasteiger partial charge in [-0.05, 0) is 25.7 Å². The number of nitrogens with zero attached hydrogens (tertiary/aromatic N) is 3. The van der Waals surface area contributed by atoms with Crippen molar-refractivity contribution in [3.8, 4) is 0 Å². The molecule has 1 fully saturated rings. The first-order valence-electron chi connectivity index (χ1n) is 5.55. The van der Waals surface area contributed by atoms with Crippen molar-refractivity contribution in [2.45, 2.75) is 38.9 Å². The van der Waals surface area contributed by atoms with Crippen molar-refractivity contribution in [3.63, 3.8) is 0 Å². The highest BCUT2D eigenvalue weighted by Gasteiger charge is 2.35. The van der Waals surface area contributed by atoms with Crippen molar-refractivity contribution in [2.75, 3.05) is 0 Å². The first-order valence-corrected chi connectivity index (χ1v) is 5.55. The fourth-order valence-electron chi connectivity index (χ4n) is 1.77. The predicted octanol–water partition coefficient (Wildman–Crippen LogP) is 0.251. The molecule has 1 aliphatic rings. The number of carboxylic acids is 1. The highest BCUT2D eigenvalue weighted by molar-refractivity contribution is 5.74. The third-order valence-electron chi connectivity index (χ3n) is 2.88. The van der Waals surface area contributed by atoms with Gasteiger partial charge in [-0.15, -0.1) is 10.2 Å². The maximum absolute atomic E-state index is 11.0. The second kappa shape index (κ2) is 4.61. The Labute approximate surface area is 93.7 Å². The summed E-state index contributed by atoms with van der Waals surface area (Å²) in [5, 5.41) is 19.8. The fraction of sp³-hybridized carbons (Fsp3) is 0.700. The maximum atomic E-state index is 11.0. The van der Waals surface area contributed by atoms with Crippen molar-refractivity contribution in [1.29, 1.82) is 0 Å². The predicted molar refractivity (Wildman–Crippen MR) is 56.7 cm³/mol. The second-order valence-electron chi connectivity index (χ2n) is 4.07. The molecule has 0 bridgehead atoms. The summed E-state index contributed by atoms with van der Waals surface area (Å²) in [6.07, 6.45) is 3.67. The summed E-state index contributed by atoms with van der Waals surface area (Å²) in [5.41, 5.74) is 0. The molecule has 2 N–H and O–H groups in total. The summed E-state index contributed by atoms with van der Waals surface area (Å²) < 4.78 is 1.90. The molecule has 2 rings (SSSR count). The number of aliphatic carboxylic acids is 1. The van der Waals surface area contributed by atoms with Crippen molar-refractivity contribution >= 4 is 5.97 Å². The van der Waals surface area contributed by atoms with E-state index >= 15 is 0 Å². The number of nitrogens with one attached hydrogen (secondary N) is 1. The van der Waals surface area contributed by atoms with E-state index in [0.717, 1.165) is 25.2 Å². The molecule has 0 spiro atoms. The van der Waals surface area contributed by atoms with Crippen LogP contribution in [0.3, 0.4) is 0 Å². The molecule has 6 nitrogen and oxygen atoms in total. The largest absolute Gasteiger partial charge is 0.480 e. The van der Waals surface area contributed by atoms with Crippen LogP contribution >= 0.6 is 0 Å². The zero-order valence-corrected chi connectivity index (χ0v) is 9.26. The molecule has 1 saturated carbocycles. The molecule has 0 radical (unpaired) electrons. The molecule has 0 aliphatic heterocycles. The van der Waals surface area contributed by atoms with Crippen LogP contribution in [0.25, 0.3) is 0 Å². The number of carboxylic acid groups (broad SMARTS) is 1. The van der Waals surface area contributed by atoms with E-state index in [2.05, 4.69) is 15.5 Å². The third-order valence-corrected chi connectivity index (χ3v) is 2.88. The molecular formula is C10H16N4O2. The van der Waals surface area contributed by atoms with Gasteiger partial charge in [-0.1, -0.05) is 0 Å². The van der Waals surface area contributed by atoms with Gasteiger partial charge in [-0.3, -0.25) is 10.1 Å². The zero-order valence-electron chi connectivity index (χ0n) is 9.26. The van der Waals surface area contributed by atoms with Gasteiger partial charge in [-0.2, -0.15) is 0 Å². The van der Waals surface area contributed by atoms with Crippen LogP contribution < -0.4 is 5.32 Å². The summed E-state index contributed by atoms with van der Waals surface area (Å²) in [6, 6.07) is -0.443. The van der Waals surface area contributed by atoms with Gasteiger partial charge in [-0.25, -0.2) is 0 Å². The molecule has 1 aromatic heterocycles. The van der Waals surface area contributed by atoms with Crippen LogP contribution in [0.1, 0.15) is 25.6 Å². The first-order chi connectivity index (χ1) is 7.72. The van der Waals surface area contributed by atoms with Gasteiger partial charge in [0.1, 0.15) is 18.2 Å². The van der Waals surface area contributed by atoms with Gasteiger partial charge < -0.3 is 9.67 Å². The number of aryl methyl sites for hydroxylation is 1. The number of aromatic nitrogens is 3. The van der Waals surface area contributed by atoms with Crippen LogP contribution in [0.4, 0.5) is 0 Å². The highest BCUT2D eigenvalue weighted by Crippen LogP contribution is 2.32. The van der Waals surface area contributed by atoms with Crippen LogP contribution in [-0.4, -0.2) is 31.9 Å². The van der Waals surface area contributed by atoms with Gasteiger partial charge in [0.05, 0.1) is 6.54 Å². The van der Waals surface area contributed by atoms with Gasteiger partial charge in [0.15, 0.2) is 0 Å². The van der Waals surface area contributed by atoms with E-state index in [4.69, 9.17) is 5.11 Å². The van der Waals surface area contributed by atoms with E-state index in [0.29, 0.717) is 6.54 Å². The number of hydrogen-bond acceptors (Lipinski definition) is 4. The van der Waals surface area contributed by atoms with Crippen LogP contribution in [0.2, 0.25) is 0 Å². The van der Waals surface area contributed by atoms with Crippen LogP contribution in [0.15, 0.2) is 6.33 Å². The summed E-state index contributed by atoms with van der Waals surface area (Å²) in [4.78, 5) is 11.0. The minimum absolute atomic E-state index is 0.287. The minimum atomic E-state index is -0.773.